The molecule has 1 N–H and O–H groups in total. The molecule has 2 atom stereocenters. The van der Waals surface area contributed by atoms with Crippen molar-refractivity contribution in [3.63, 3.8) is 0 Å². The van der Waals surface area contributed by atoms with Gasteiger partial charge in [0.05, 0.1) is 19.3 Å². The van der Waals surface area contributed by atoms with Gasteiger partial charge in [0.1, 0.15) is 0 Å². The number of esters is 2. The first kappa shape index (κ1) is 22.2. The second kappa shape index (κ2) is 11.6. The van der Waals surface area contributed by atoms with E-state index in [1.807, 2.05) is 0 Å². The largest absolute Gasteiger partial charge is 1.00 e. The van der Waals surface area contributed by atoms with Crippen LogP contribution in [0.1, 0.15) is 39.5 Å². The average molecular weight is 296 g/mol. The quantitative estimate of drug-likeness (QED) is 0.329. The summed E-state index contributed by atoms with van der Waals surface area (Å²) in [5.41, 5.74) is 0. The van der Waals surface area contributed by atoms with Crippen LogP contribution >= 0.6 is 0 Å². The topological polar surface area (TPSA) is 72.8 Å². The molecular weight excluding hydrogens is 270 g/mol. The molecule has 0 bridgehead atoms. The number of aliphatic hydroxyl groups is 1. The van der Waals surface area contributed by atoms with Gasteiger partial charge in [0.25, 0.3) is 0 Å². The molecule has 0 amide bonds. The van der Waals surface area contributed by atoms with Crippen molar-refractivity contribution in [2.45, 2.75) is 45.6 Å². The second-order valence-electron chi connectivity index (χ2n) is 4.56. The third-order valence-corrected chi connectivity index (χ3v) is 3.24. The maximum absolute atomic E-state index is 11.9. The summed E-state index contributed by atoms with van der Waals surface area (Å²) in [4.78, 5) is 23.7. The molecule has 1 aliphatic carbocycles. The van der Waals surface area contributed by atoms with Crippen LogP contribution in [0, 0.1) is 11.8 Å². The molecule has 1 rings (SSSR count). The van der Waals surface area contributed by atoms with Gasteiger partial charge in [-0.2, -0.15) is 0 Å². The first-order chi connectivity index (χ1) is 8.60. The van der Waals surface area contributed by atoms with Crippen LogP contribution < -0.4 is 29.6 Å². The minimum absolute atomic E-state index is 0. The summed E-state index contributed by atoms with van der Waals surface area (Å²) >= 11 is 0. The van der Waals surface area contributed by atoms with Crippen molar-refractivity contribution in [1.29, 1.82) is 0 Å². The summed E-state index contributed by atoms with van der Waals surface area (Å²) in [6, 6.07) is 0. The average Bonchev–Trinajstić information content (AvgIpc) is 2.30. The van der Waals surface area contributed by atoms with E-state index in [1.165, 1.54) is 0 Å². The van der Waals surface area contributed by atoms with Crippen LogP contribution in [0.5, 0.6) is 0 Å². The minimum atomic E-state index is -0.889. The summed E-state index contributed by atoms with van der Waals surface area (Å²) in [6.07, 6.45) is 2.33. The summed E-state index contributed by atoms with van der Waals surface area (Å²) in [7, 11) is 0. The maximum Gasteiger partial charge on any atom is 1.00 e. The molecule has 0 aromatic carbocycles. The van der Waals surface area contributed by atoms with Crippen LogP contribution in [0.3, 0.4) is 0 Å². The smallest absolute Gasteiger partial charge is 0.465 e. The van der Waals surface area contributed by atoms with E-state index in [-0.39, 0.29) is 57.1 Å². The van der Waals surface area contributed by atoms with Crippen molar-refractivity contribution >= 4 is 20.4 Å². The zero-order valence-corrected chi connectivity index (χ0v) is 14.1. The van der Waals surface area contributed by atoms with E-state index in [0.717, 1.165) is 19.3 Å². The molecule has 0 radical (unpaired) electrons. The fourth-order valence-corrected chi connectivity index (χ4v) is 2.45. The van der Waals surface area contributed by atoms with Gasteiger partial charge in [-0.25, -0.2) is 0 Å². The van der Waals surface area contributed by atoms with Gasteiger partial charge in [0.2, 0.25) is 0 Å². The number of ether oxygens (including phenoxy) is 2. The monoisotopic (exact) mass is 296 g/mol. The molecule has 0 aromatic heterocycles. The van der Waals surface area contributed by atoms with Gasteiger partial charge in [-0.15, -0.1) is 0 Å². The van der Waals surface area contributed by atoms with Crippen LogP contribution in [0.4, 0.5) is 0 Å². The summed E-state index contributed by atoms with van der Waals surface area (Å²) in [6.45, 7) is 3.89. The zero-order chi connectivity index (χ0) is 13.5. The molecule has 0 aromatic rings. The van der Waals surface area contributed by atoms with Crippen molar-refractivity contribution in [2.24, 2.45) is 11.8 Å². The molecule has 1 aliphatic rings. The Morgan fingerprint density at radius 3 is 2.05 bits per heavy atom. The van der Waals surface area contributed by atoms with Gasteiger partial charge in [-0.3, -0.25) is 9.59 Å². The Morgan fingerprint density at radius 1 is 1.15 bits per heavy atom. The summed E-state index contributed by atoms with van der Waals surface area (Å²) in [5.74, 6) is -2.13. The normalized spacial score (nSPS) is 21.4. The number of aliphatic hydroxyl groups excluding tert-OH is 1. The number of hydrogen-bond donors (Lipinski definition) is 1. The van der Waals surface area contributed by atoms with E-state index in [4.69, 9.17) is 9.47 Å². The molecule has 7 heteroatoms. The number of carbonyl (C=O) groups is 2. The predicted molar refractivity (Wildman–Crippen MR) is 76.1 cm³/mol. The Bertz CT molecular complexity index is 282. The van der Waals surface area contributed by atoms with Crippen LogP contribution in [-0.4, -0.2) is 44.8 Å². The molecule has 1 fully saturated rings. The predicted octanol–water partition coefficient (Wildman–Crippen LogP) is -3.17. The first-order valence-electron chi connectivity index (χ1n) is 6.61. The number of hydrogen-bond acceptors (Lipinski definition) is 5. The van der Waals surface area contributed by atoms with Crippen molar-refractivity contribution in [2.75, 3.05) is 13.2 Å². The Balaban J connectivity index is 0. The molecule has 0 aliphatic heterocycles. The van der Waals surface area contributed by atoms with E-state index in [1.54, 1.807) is 13.8 Å². The van der Waals surface area contributed by atoms with Crippen molar-refractivity contribution in [3.8, 4) is 0 Å². The van der Waals surface area contributed by atoms with Gasteiger partial charge in [-0.1, -0.05) is 14.8 Å². The van der Waals surface area contributed by atoms with E-state index in [2.05, 4.69) is 0 Å². The zero-order valence-electron chi connectivity index (χ0n) is 12.1. The van der Waals surface area contributed by atoms with Gasteiger partial charge in [0, 0.05) is 0 Å². The van der Waals surface area contributed by atoms with Crippen molar-refractivity contribution < 1.29 is 53.7 Å². The Hall–Kier alpha value is -0.0351. The van der Waals surface area contributed by atoms with Crippen LogP contribution in [0.2, 0.25) is 0 Å². The summed E-state index contributed by atoms with van der Waals surface area (Å²) < 4.78 is 9.88. The molecule has 20 heavy (non-hydrogen) atoms. The van der Waals surface area contributed by atoms with Gasteiger partial charge >= 0.3 is 41.5 Å². The van der Waals surface area contributed by atoms with E-state index >= 15 is 0 Å². The van der Waals surface area contributed by atoms with Crippen molar-refractivity contribution in [1.82, 2.24) is 0 Å². The van der Waals surface area contributed by atoms with Crippen LogP contribution in [-0.2, 0) is 19.1 Å². The van der Waals surface area contributed by atoms with Crippen LogP contribution in [0.25, 0.3) is 0 Å². The molecule has 112 valence electrons. The van der Waals surface area contributed by atoms with Gasteiger partial charge < -0.3 is 14.6 Å². The molecule has 0 saturated heterocycles. The van der Waals surface area contributed by atoms with Gasteiger partial charge in [-0.05, 0) is 39.0 Å². The Kier molecular flexibility index (Phi) is 12.9. The Labute approximate surface area is 144 Å². The molecule has 5 nitrogen and oxygen atoms in total. The Morgan fingerprint density at radius 2 is 1.65 bits per heavy atom. The number of carbonyl (C=O) groups excluding carboxylic acids is 2. The standard InChI is InChI=1S/C13H22O5.BH4.Na/c1-3-17-12(15)11(13(16)18-4-2)9-6-5-7-10(14)8-9;;/h9-11,14H,3-8H2,1-2H3;1H4;/q;-1;+1. The number of rotatable bonds is 5. The molecular formula is C13H26BNaO5. The molecule has 1 saturated carbocycles. The van der Waals surface area contributed by atoms with Crippen molar-refractivity contribution in [3.05, 3.63) is 0 Å². The fraction of sp³-hybridized carbons (Fsp3) is 0.846. The summed E-state index contributed by atoms with van der Waals surface area (Å²) in [5, 5.41) is 9.65. The SMILES string of the molecule is CCOC(=O)C(C(=O)OCC)C1CCCC(O)C1.[BH4-].[Na+]. The van der Waals surface area contributed by atoms with E-state index < -0.39 is 24.0 Å². The van der Waals surface area contributed by atoms with E-state index in [9.17, 15) is 14.7 Å². The van der Waals surface area contributed by atoms with Gasteiger partial charge in [0.15, 0.2) is 5.92 Å². The van der Waals surface area contributed by atoms with E-state index in [0.29, 0.717) is 6.42 Å². The van der Waals surface area contributed by atoms with Crippen LogP contribution in [0.15, 0.2) is 0 Å². The maximum atomic E-state index is 11.9. The second-order valence-corrected chi connectivity index (χ2v) is 4.56. The molecule has 0 heterocycles. The molecule has 2 unspecified atom stereocenters. The third kappa shape index (κ3) is 6.61. The minimum Gasteiger partial charge on any atom is -0.465 e. The molecule has 0 spiro atoms. The fourth-order valence-electron chi connectivity index (χ4n) is 2.45. The third-order valence-electron chi connectivity index (χ3n) is 3.24. The first-order valence-corrected chi connectivity index (χ1v) is 6.61.